The molecule has 1 aromatic carbocycles. The molecular formula is C22H37IN4O. The number of ether oxygens (including phenoxy) is 1. The third kappa shape index (κ3) is 8.39. The van der Waals surface area contributed by atoms with E-state index in [9.17, 15) is 0 Å². The first-order chi connectivity index (χ1) is 13.0. The van der Waals surface area contributed by atoms with Crippen molar-refractivity contribution in [2.75, 3.05) is 40.3 Å². The molecule has 1 aliphatic rings. The van der Waals surface area contributed by atoms with Crippen molar-refractivity contribution in [3.63, 3.8) is 0 Å². The maximum absolute atomic E-state index is 5.23. The zero-order valence-electron chi connectivity index (χ0n) is 17.8. The summed E-state index contributed by atoms with van der Waals surface area (Å²) in [6, 6.07) is 8.85. The topological polar surface area (TPSA) is 48.9 Å². The summed E-state index contributed by atoms with van der Waals surface area (Å²) in [5, 5.41) is 7.05. The van der Waals surface area contributed by atoms with Crippen molar-refractivity contribution in [3.8, 4) is 5.75 Å². The van der Waals surface area contributed by atoms with Crippen LogP contribution in [0.25, 0.3) is 0 Å². The number of benzene rings is 1. The summed E-state index contributed by atoms with van der Waals surface area (Å²) < 4.78 is 5.23. The molecule has 0 aliphatic carbocycles. The van der Waals surface area contributed by atoms with E-state index >= 15 is 0 Å². The van der Waals surface area contributed by atoms with Crippen LogP contribution < -0.4 is 15.4 Å². The fourth-order valence-electron chi connectivity index (χ4n) is 3.51. The number of hydrogen-bond donors (Lipinski definition) is 2. The van der Waals surface area contributed by atoms with Gasteiger partial charge in [-0.2, -0.15) is 0 Å². The molecule has 2 rings (SSSR count). The lowest BCUT2D eigenvalue weighted by atomic mass is 9.98. The second-order valence-electron chi connectivity index (χ2n) is 7.61. The SMILES string of the molecule is C=C(C)CN1CCC(NC(=NC)NCCC(C)c2ccc(OC)cc2)CC1.I. The molecule has 2 N–H and O–H groups in total. The maximum atomic E-state index is 5.23. The standard InChI is InChI=1S/C22H36N4O.HI/c1-17(2)16-26-14-11-20(12-15-26)25-22(23-4)24-13-10-18(3)19-6-8-21(27-5)9-7-19;/h6-9,18,20H,1,10-16H2,2-5H3,(H2,23,24,25);1H. The van der Waals surface area contributed by atoms with Crippen molar-refractivity contribution in [2.45, 2.75) is 45.1 Å². The van der Waals surface area contributed by atoms with Crippen molar-refractivity contribution in [3.05, 3.63) is 42.0 Å². The van der Waals surface area contributed by atoms with E-state index < -0.39 is 0 Å². The zero-order chi connectivity index (χ0) is 19.6. The molecule has 1 unspecified atom stereocenters. The van der Waals surface area contributed by atoms with Crippen LogP contribution in [0.1, 0.15) is 44.6 Å². The monoisotopic (exact) mass is 500 g/mol. The lowest BCUT2D eigenvalue weighted by Gasteiger charge is -2.33. The van der Waals surface area contributed by atoms with Crippen molar-refractivity contribution in [2.24, 2.45) is 4.99 Å². The summed E-state index contributed by atoms with van der Waals surface area (Å²) in [6.45, 7) is 12.5. The first-order valence-electron chi connectivity index (χ1n) is 9.99. The Morgan fingerprint density at radius 3 is 2.46 bits per heavy atom. The van der Waals surface area contributed by atoms with Gasteiger partial charge < -0.3 is 15.4 Å². The van der Waals surface area contributed by atoms with E-state index in [4.69, 9.17) is 4.74 Å². The Kier molecular flexibility index (Phi) is 11.5. The number of aliphatic imine (C=N–C) groups is 1. The highest BCUT2D eigenvalue weighted by atomic mass is 127. The second-order valence-corrected chi connectivity index (χ2v) is 7.61. The second kappa shape index (κ2) is 13.0. The van der Waals surface area contributed by atoms with Gasteiger partial charge in [0.25, 0.3) is 0 Å². The average molecular weight is 500 g/mol. The number of piperidine rings is 1. The predicted molar refractivity (Wildman–Crippen MR) is 130 cm³/mol. The van der Waals surface area contributed by atoms with Crippen LogP contribution in [0, 0.1) is 0 Å². The number of guanidine groups is 1. The summed E-state index contributed by atoms with van der Waals surface area (Å²) >= 11 is 0. The smallest absolute Gasteiger partial charge is 0.191 e. The minimum Gasteiger partial charge on any atom is -0.497 e. The molecule has 1 aromatic rings. The highest BCUT2D eigenvalue weighted by Crippen LogP contribution is 2.21. The van der Waals surface area contributed by atoms with Gasteiger partial charge in [-0.15, -0.1) is 24.0 Å². The summed E-state index contributed by atoms with van der Waals surface area (Å²) in [7, 11) is 3.55. The number of nitrogens with one attached hydrogen (secondary N) is 2. The Morgan fingerprint density at radius 1 is 1.29 bits per heavy atom. The zero-order valence-corrected chi connectivity index (χ0v) is 20.2. The number of methoxy groups -OCH3 is 1. The van der Waals surface area contributed by atoms with Crippen LogP contribution in [-0.4, -0.2) is 57.2 Å². The molecule has 28 heavy (non-hydrogen) atoms. The highest BCUT2D eigenvalue weighted by molar-refractivity contribution is 14.0. The predicted octanol–water partition coefficient (Wildman–Crippen LogP) is 4.01. The Balaban J connectivity index is 0.00000392. The molecule has 0 amide bonds. The molecule has 0 radical (unpaired) electrons. The summed E-state index contributed by atoms with van der Waals surface area (Å²) in [5.41, 5.74) is 2.58. The van der Waals surface area contributed by atoms with Gasteiger partial charge in [-0.1, -0.05) is 31.2 Å². The molecular weight excluding hydrogens is 463 g/mol. The Labute approximate surface area is 188 Å². The number of nitrogens with zero attached hydrogens (tertiary/aromatic N) is 2. The van der Waals surface area contributed by atoms with E-state index in [2.05, 4.69) is 53.1 Å². The van der Waals surface area contributed by atoms with E-state index in [1.54, 1.807) is 7.11 Å². The van der Waals surface area contributed by atoms with Gasteiger partial charge >= 0.3 is 0 Å². The van der Waals surface area contributed by atoms with E-state index in [1.165, 1.54) is 11.1 Å². The van der Waals surface area contributed by atoms with Crippen LogP contribution in [0.15, 0.2) is 41.4 Å². The third-order valence-electron chi connectivity index (χ3n) is 5.20. The van der Waals surface area contributed by atoms with Gasteiger partial charge in [-0.25, -0.2) is 0 Å². The quantitative estimate of drug-likeness (QED) is 0.245. The molecule has 5 nitrogen and oxygen atoms in total. The van der Waals surface area contributed by atoms with E-state index in [1.807, 2.05) is 19.2 Å². The lowest BCUT2D eigenvalue weighted by molar-refractivity contribution is 0.221. The van der Waals surface area contributed by atoms with Gasteiger partial charge in [0.05, 0.1) is 7.11 Å². The van der Waals surface area contributed by atoms with Crippen LogP contribution in [0.3, 0.4) is 0 Å². The molecule has 1 aliphatic heterocycles. The molecule has 1 saturated heterocycles. The van der Waals surface area contributed by atoms with E-state index in [-0.39, 0.29) is 24.0 Å². The van der Waals surface area contributed by atoms with Crippen molar-refractivity contribution in [1.82, 2.24) is 15.5 Å². The van der Waals surface area contributed by atoms with Gasteiger partial charge in [0.15, 0.2) is 5.96 Å². The number of rotatable bonds is 8. The molecule has 0 bridgehead atoms. The molecule has 158 valence electrons. The fourth-order valence-corrected chi connectivity index (χ4v) is 3.51. The summed E-state index contributed by atoms with van der Waals surface area (Å²) in [5.74, 6) is 2.31. The van der Waals surface area contributed by atoms with Crippen LogP contribution in [0.5, 0.6) is 5.75 Å². The van der Waals surface area contributed by atoms with Gasteiger partial charge in [0.1, 0.15) is 5.75 Å². The Hall–Kier alpha value is -1.28. The normalized spacial score (nSPS) is 16.8. The number of hydrogen-bond acceptors (Lipinski definition) is 3. The fraction of sp³-hybridized carbons (Fsp3) is 0.591. The number of halogens is 1. The molecule has 0 saturated carbocycles. The van der Waals surface area contributed by atoms with Crippen molar-refractivity contribution < 1.29 is 4.74 Å². The minimum absolute atomic E-state index is 0. The molecule has 1 atom stereocenters. The number of likely N-dealkylation sites (tertiary alicyclic amines) is 1. The molecule has 1 heterocycles. The van der Waals surface area contributed by atoms with Crippen molar-refractivity contribution in [1.29, 1.82) is 0 Å². The van der Waals surface area contributed by atoms with Gasteiger partial charge in [0.2, 0.25) is 0 Å². The van der Waals surface area contributed by atoms with Crippen LogP contribution >= 0.6 is 24.0 Å². The molecule has 6 heteroatoms. The Morgan fingerprint density at radius 2 is 1.93 bits per heavy atom. The average Bonchev–Trinajstić information content (AvgIpc) is 2.68. The Bertz CT molecular complexity index is 609. The highest BCUT2D eigenvalue weighted by Gasteiger charge is 2.19. The van der Waals surface area contributed by atoms with Crippen LogP contribution in [0.2, 0.25) is 0 Å². The largest absolute Gasteiger partial charge is 0.497 e. The van der Waals surface area contributed by atoms with E-state index in [0.29, 0.717) is 12.0 Å². The third-order valence-corrected chi connectivity index (χ3v) is 5.20. The lowest BCUT2D eigenvalue weighted by Crippen LogP contribution is -2.49. The van der Waals surface area contributed by atoms with Gasteiger partial charge in [-0.3, -0.25) is 9.89 Å². The van der Waals surface area contributed by atoms with Crippen LogP contribution in [0.4, 0.5) is 0 Å². The first-order valence-corrected chi connectivity index (χ1v) is 9.99. The van der Waals surface area contributed by atoms with Gasteiger partial charge in [0, 0.05) is 39.3 Å². The molecule has 0 spiro atoms. The van der Waals surface area contributed by atoms with Gasteiger partial charge in [-0.05, 0) is 49.8 Å². The summed E-state index contributed by atoms with van der Waals surface area (Å²) in [6.07, 6.45) is 3.36. The summed E-state index contributed by atoms with van der Waals surface area (Å²) in [4.78, 5) is 6.87. The maximum Gasteiger partial charge on any atom is 0.191 e. The van der Waals surface area contributed by atoms with E-state index in [0.717, 1.165) is 57.2 Å². The van der Waals surface area contributed by atoms with Crippen molar-refractivity contribution >= 4 is 29.9 Å². The first kappa shape index (κ1) is 24.8. The molecule has 0 aromatic heterocycles. The van der Waals surface area contributed by atoms with Crippen LogP contribution in [-0.2, 0) is 0 Å². The molecule has 1 fully saturated rings. The minimum atomic E-state index is 0.